The second-order valence-corrected chi connectivity index (χ2v) is 14.2. The third kappa shape index (κ3) is 7.85. The van der Waals surface area contributed by atoms with Crippen LogP contribution in [-0.2, 0) is 33.4 Å². The van der Waals surface area contributed by atoms with E-state index < -0.39 is 47.7 Å². The van der Waals surface area contributed by atoms with Gasteiger partial charge in [0.05, 0.1) is 30.6 Å². The Kier molecular flexibility index (Phi) is 13.3. The van der Waals surface area contributed by atoms with E-state index in [-0.39, 0.29) is 43.4 Å². The maximum Gasteiger partial charge on any atom is 0.313 e. The molecule has 11 nitrogen and oxygen atoms in total. The number of nitrogens with one attached hydrogen (secondary N) is 1. The Morgan fingerprint density at radius 1 is 1.10 bits per heavy atom. The van der Waals surface area contributed by atoms with Crippen LogP contribution in [0, 0.1) is 11.8 Å². The average Bonchev–Trinajstić information content (AvgIpc) is 3.78. The van der Waals surface area contributed by atoms with E-state index in [1.807, 2.05) is 35.2 Å². The zero-order valence-electron chi connectivity index (χ0n) is 29.5. The number of likely N-dealkylation sites (tertiary alicyclic amines) is 1. The van der Waals surface area contributed by atoms with E-state index in [1.54, 1.807) is 17.1 Å². The van der Waals surface area contributed by atoms with Gasteiger partial charge in [0.25, 0.3) is 0 Å². The van der Waals surface area contributed by atoms with Gasteiger partial charge < -0.3 is 34.4 Å². The highest BCUT2D eigenvalue weighted by atomic mass is 16.6. The van der Waals surface area contributed by atoms with Crippen molar-refractivity contribution in [1.29, 1.82) is 0 Å². The summed E-state index contributed by atoms with van der Waals surface area (Å²) < 4.78 is 18.5. The molecular weight excluding hydrogens is 638 g/mol. The number of benzene rings is 1. The fraction of sp³-hybridized carbons (Fsp3) is 0.641. The van der Waals surface area contributed by atoms with Gasteiger partial charge in [-0.25, -0.2) is 0 Å². The number of nitrogens with zero attached hydrogens (tertiary/aromatic N) is 2. The minimum absolute atomic E-state index is 0.0533. The standard InChI is InChI=1S/C39H55N3O8/c1-4-6-20-31(44)40-29(26-48-3)34(27-16-10-7-11-17-27)49-38(47)32-30-21-22-39(50-30)33(32)36(45)42(24-14-9-15-25-43)35(39)37(46)41(23-5-2)28-18-12-8-13-19-28/h4-5,7,10-11,16-17,28-30,32-35,43H,1-2,6,8-9,12-15,18-26H2,3H3,(H,40,44)/t29-,30-,32+,33+,34-,35-,39+/m1/s1. The third-order valence-corrected chi connectivity index (χ3v) is 11.0. The van der Waals surface area contributed by atoms with E-state index in [9.17, 15) is 24.3 Å². The third-order valence-electron chi connectivity index (χ3n) is 11.0. The van der Waals surface area contributed by atoms with Gasteiger partial charge in [-0.05, 0) is 56.9 Å². The van der Waals surface area contributed by atoms with Crippen molar-refractivity contribution in [3.8, 4) is 0 Å². The van der Waals surface area contributed by atoms with Crippen LogP contribution in [-0.4, -0.2) is 102 Å². The lowest BCUT2D eigenvalue weighted by atomic mass is 9.70. The number of carbonyl (C=O) groups is 4. The van der Waals surface area contributed by atoms with Gasteiger partial charge in [0.15, 0.2) is 0 Å². The number of unbranched alkanes of at least 4 members (excludes halogenated alkanes) is 2. The van der Waals surface area contributed by atoms with Crippen molar-refractivity contribution < 1.29 is 38.5 Å². The number of methoxy groups -OCH3 is 1. The van der Waals surface area contributed by atoms with Gasteiger partial charge in [-0.2, -0.15) is 0 Å². The molecule has 0 radical (unpaired) electrons. The van der Waals surface area contributed by atoms with Crippen LogP contribution in [0.3, 0.4) is 0 Å². The highest BCUT2D eigenvalue weighted by Crippen LogP contribution is 2.59. The Bertz CT molecular complexity index is 1350. The fourth-order valence-electron chi connectivity index (χ4n) is 8.74. The van der Waals surface area contributed by atoms with Crippen molar-refractivity contribution in [1.82, 2.24) is 15.1 Å². The van der Waals surface area contributed by atoms with Gasteiger partial charge in [0.2, 0.25) is 17.7 Å². The molecule has 1 aromatic rings. The first-order valence-electron chi connectivity index (χ1n) is 18.5. The van der Waals surface area contributed by atoms with E-state index in [4.69, 9.17) is 14.2 Å². The number of hydrogen-bond donors (Lipinski definition) is 2. The summed E-state index contributed by atoms with van der Waals surface area (Å²) in [6.45, 7) is 8.48. The van der Waals surface area contributed by atoms with Crippen LogP contribution in [0.2, 0.25) is 0 Å². The van der Waals surface area contributed by atoms with Gasteiger partial charge in [-0.3, -0.25) is 19.2 Å². The number of fused-ring (bicyclic) bond motifs is 1. The molecule has 2 N–H and O–H groups in total. The number of aliphatic hydroxyl groups excluding tert-OH is 1. The van der Waals surface area contributed by atoms with E-state index in [2.05, 4.69) is 18.5 Å². The fourth-order valence-corrected chi connectivity index (χ4v) is 8.74. The summed E-state index contributed by atoms with van der Waals surface area (Å²) in [5.41, 5.74) is -0.477. The maximum atomic E-state index is 14.8. The summed E-state index contributed by atoms with van der Waals surface area (Å²) in [6, 6.07) is 7.68. The lowest BCUT2D eigenvalue weighted by Crippen LogP contribution is -2.58. The Morgan fingerprint density at radius 3 is 2.54 bits per heavy atom. The predicted octanol–water partition coefficient (Wildman–Crippen LogP) is 4.25. The summed E-state index contributed by atoms with van der Waals surface area (Å²) in [5.74, 6) is -3.01. The van der Waals surface area contributed by atoms with Crippen LogP contribution in [0.4, 0.5) is 0 Å². The summed E-state index contributed by atoms with van der Waals surface area (Å²) >= 11 is 0. The molecule has 0 aromatic heterocycles. The number of rotatable bonds is 19. The Balaban J connectivity index is 1.46. The zero-order chi connectivity index (χ0) is 35.7. The van der Waals surface area contributed by atoms with Crippen LogP contribution < -0.4 is 5.32 Å². The molecule has 2 bridgehead atoms. The number of amides is 3. The topological polar surface area (TPSA) is 135 Å². The average molecular weight is 694 g/mol. The molecule has 0 unspecified atom stereocenters. The lowest BCUT2D eigenvalue weighted by molar-refractivity contribution is -0.163. The van der Waals surface area contributed by atoms with Gasteiger partial charge >= 0.3 is 5.97 Å². The number of hydrogen-bond acceptors (Lipinski definition) is 8. The predicted molar refractivity (Wildman–Crippen MR) is 188 cm³/mol. The molecule has 4 fully saturated rings. The molecule has 1 spiro atoms. The smallest absolute Gasteiger partial charge is 0.313 e. The molecule has 50 heavy (non-hydrogen) atoms. The Labute approximate surface area is 296 Å². The number of esters is 1. The molecule has 3 heterocycles. The molecule has 11 heteroatoms. The first kappa shape index (κ1) is 37.7. The Morgan fingerprint density at radius 2 is 1.86 bits per heavy atom. The number of allylic oxidation sites excluding steroid dienone is 1. The van der Waals surface area contributed by atoms with Crippen molar-refractivity contribution in [2.75, 3.05) is 33.4 Å². The minimum Gasteiger partial charge on any atom is -0.455 e. The van der Waals surface area contributed by atoms with Crippen LogP contribution in [0.5, 0.6) is 0 Å². The number of ether oxygens (including phenoxy) is 3. The molecule has 1 saturated carbocycles. The molecule has 3 aliphatic heterocycles. The molecule has 3 amide bonds. The van der Waals surface area contributed by atoms with E-state index in [0.717, 1.165) is 32.1 Å². The highest BCUT2D eigenvalue weighted by molar-refractivity contribution is 5.98. The van der Waals surface area contributed by atoms with E-state index in [1.165, 1.54) is 7.11 Å². The second-order valence-electron chi connectivity index (χ2n) is 14.2. The van der Waals surface area contributed by atoms with Crippen LogP contribution in [0.25, 0.3) is 0 Å². The quantitative estimate of drug-likeness (QED) is 0.125. The van der Waals surface area contributed by atoms with Crippen LogP contribution >= 0.6 is 0 Å². The second kappa shape index (κ2) is 17.6. The first-order valence-corrected chi connectivity index (χ1v) is 18.5. The highest BCUT2D eigenvalue weighted by Gasteiger charge is 2.75. The van der Waals surface area contributed by atoms with Gasteiger partial charge in [0, 0.05) is 39.3 Å². The van der Waals surface area contributed by atoms with Crippen molar-refractivity contribution in [2.45, 2.75) is 113 Å². The summed E-state index contributed by atoms with van der Waals surface area (Å²) in [5, 5.41) is 12.4. The minimum atomic E-state index is -1.15. The molecule has 1 aliphatic carbocycles. The Hall–Kier alpha value is -3.54. The number of aliphatic hydroxyl groups is 1. The first-order chi connectivity index (χ1) is 24.3. The number of carbonyl (C=O) groups excluding carboxylic acids is 4. The molecule has 4 aliphatic rings. The van der Waals surface area contributed by atoms with Gasteiger partial charge in [-0.1, -0.05) is 61.7 Å². The molecule has 274 valence electrons. The van der Waals surface area contributed by atoms with Crippen molar-refractivity contribution >= 4 is 23.7 Å². The molecule has 1 aromatic carbocycles. The summed E-state index contributed by atoms with van der Waals surface area (Å²) in [7, 11) is 1.52. The van der Waals surface area contributed by atoms with Crippen LogP contribution in [0.1, 0.15) is 88.7 Å². The monoisotopic (exact) mass is 693 g/mol. The largest absolute Gasteiger partial charge is 0.455 e. The normalized spacial score (nSPS) is 27.0. The lowest BCUT2D eigenvalue weighted by Gasteiger charge is -2.40. The molecule has 5 rings (SSSR count). The van der Waals surface area contributed by atoms with E-state index in [0.29, 0.717) is 57.2 Å². The van der Waals surface area contributed by atoms with E-state index >= 15 is 0 Å². The molecular formula is C39H55N3O8. The zero-order valence-corrected chi connectivity index (χ0v) is 29.5. The summed E-state index contributed by atoms with van der Waals surface area (Å²) in [4.78, 5) is 60.2. The van der Waals surface area contributed by atoms with Crippen molar-refractivity contribution in [3.05, 3.63) is 61.2 Å². The van der Waals surface area contributed by atoms with Gasteiger partial charge in [0.1, 0.15) is 17.7 Å². The van der Waals surface area contributed by atoms with Crippen molar-refractivity contribution in [2.24, 2.45) is 11.8 Å². The maximum absolute atomic E-state index is 14.8. The SMILES string of the molecule is C=CCCC(=O)N[C@H](COC)[C@H](OC(=O)[C@@H]1[C@H]2C(=O)N(CCCCCO)[C@H](C(=O)N(CC=C)C3CCCCC3)[C@]23CC[C@H]1O3)c1ccccc1. The molecule has 7 atom stereocenters. The van der Waals surface area contributed by atoms with Crippen LogP contribution in [0.15, 0.2) is 55.6 Å². The molecule has 3 saturated heterocycles. The van der Waals surface area contributed by atoms with Gasteiger partial charge in [-0.15, -0.1) is 13.2 Å². The summed E-state index contributed by atoms with van der Waals surface area (Å²) in [6.07, 6.45) is 10.6. The van der Waals surface area contributed by atoms with Crippen molar-refractivity contribution in [3.63, 3.8) is 0 Å².